The highest BCUT2D eigenvalue weighted by Gasteiger charge is 2.14. The molecule has 0 aliphatic heterocycles. The quantitative estimate of drug-likeness (QED) is 0.856. The molecule has 0 aliphatic rings. The number of anilines is 2. The minimum atomic E-state index is -0.944. The highest BCUT2D eigenvalue weighted by Crippen LogP contribution is 2.27. The summed E-state index contributed by atoms with van der Waals surface area (Å²) in [6.45, 7) is 2.33. The molecule has 0 radical (unpaired) electrons. The Labute approximate surface area is 121 Å². The second-order valence-electron chi connectivity index (χ2n) is 4.26. The van der Waals surface area contributed by atoms with Gasteiger partial charge in [0, 0.05) is 12.8 Å². The minimum absolute atomic E-state index is 0.266. The maximum absolute atomic E-state index is 11.0. The summed E-state index contributed by atoms with van der Waals surface area (Å²) in [5.74, 6) is -0.944. The monoisotopic (exact) mass is 292 g/mol. The van der Waals surface area contributed by atoms with E-state index >= 15 is 0 Å². The summed E-state index contributed by atoms with van der Waals surface area (Å²) >= 11 is 1.14. The smallest absolute Gasteiger partial charge is 0.347 e. The molecule has 2 N–H and O–H groups in total. The molecule has 1 aromatic heterocycles. The van der Waals surface area contributed by atoms with Crippen molar-refractivity contribution in [1.82, 2.24) is 4.98 Å². The summed E-state index contributed by atoms with van der Waals surface area (Å²) in [6, 6.07) is 7.85. The molecule has 0 unspecified atom stereocenters. The Morgan fingerprint density at radius 1 is 1.45 bits per heavy atom. The predicted octanol–water partition coefficient (Wildman–Crippen LogP) is 3.08. The molecule has 0 bridgehead atoms. The predicted molar refractivity (Wildman–Crippen MR) is 79.1 cm³/mol. The molecule has 0 atom stereocenters. The second kappa shape index (κ2) is 6.49. The molecule has 0 saturated heterocycles. The van der Waals surface area contributed by atoms with Gasteiger partial charge in [-0.05, 0) is 25.0 Å². The van der Waals surface area contributed by atoms with Crippen molar-refractivity contribution in [1.29, 1.82) is 0 Å². The minimum Gasteiger partial charge on any atom is -0.477 e. The number of methoxy groups -OCH3 is 1. The van der Waals surface area contributed by atoms with Crippen LogP contribution in [0.25, 0.3) is 0 Å². The van der Waals surface area contributed by atoms with Crippen LogP contribution in [0.2, 0.25) is 0 Å². The van der Waals surface area contributed by atoms with Crippen molar-refractivity contribution in [2.75, 3.05) is 19.0 Å². The first-order valence-electron chi connectivity index (χ1n) is 6.16. The molecule has 1 heterocycles. The number of para-hydroxylation sites is 1. The Morgan fingerprint density at radius 2 is 2.20 bits per heavy atom. The average Bonchev–Trinajstić information content (AvgIpc) is 2.79. The van der Waals surface area contributed by atoms with Crippen LogP contribution in [0.5, 0.6) is 0 Å². The molecule has 20 heavy (non-hydrogen) atoms. The Kier molecular flexibility index (Phi) is 4.70. The Morgan fingerprint density at radius 3 is 2.85 bits per heavy atom. The topological polar surface area (TPSA) is 71.5 Å². The zero-order valence-electron chi connectivity index (χ0n) is 11.3. The van der Waals surface area contributed by atoms with Crippen molar-refractivity contribution >= 4 is 28.1 Å². The first-order valence-corrected chi connectivity index (χ1v) is 6.98. The standard InChI is InChI=1S/C14H16N2O3S/c1-9-12(13(17)18)20-14(15-9)16-11-6-4-3-5-10(11)7-8-19-2/h3-6H,7-8H2,1-2H3,(H,15,16)(H,17,18). The van der Waals surface area contributed by atoms with Gasteiger partial charge in [-0.2, -0.15) is 0 Å². The van der Waals surface area contributed by atoms with E-state index in [-0.39, 0.29) is 4.88 Å². The molecule has 5 nitrogen and oxygen atoms in total. The van der Waals surface area contributed by atoms with E-state index in [2.05, 4.69) is 10.3 Å². The lowest BCUT2D eigenvalue weighted by Crippen LogP contribution is -1.99. The highest BCUT2D eigenvalue weighted by molar-refractivity contribution is 7.17. The van der Waals surface area contributed by atoms with E-state index in [1.165, 1.54) is 0 Å². The Hall–Kier alpha value is -1.92. The van der Waals surface area contributed by atoms with Gasteiger partial charge in [-0.1, -0.05) is 29.5 Å². The number of thiazole rings is 1. The van der Waals surface area contributed by atoms with Gasteiger partial charge >= 0.3 is 5.97 Å². The molecule has 0 spiro atoms. The van der Waals surface area contributed by atoms with Crippen molar-refractivity contribution in [3.05, 3.63) is 40.4 Å². The van der Waals surface area contributed by atoms with Crippen LogP contribution in [-0.2, 0) is 11.2 Å². The molecule has 0 fully saturated rings. The lowest BCUT2D eigenvalue weighted by molar-refractivity contribution is 0.0701. The van der Waals surface area contributed by atoms with E-state index in [1.807, 2.05) is 24.3 Å². The molecular weight excluding hydrogens is 276 g/mol. The fraction of sp³-hybridized carbons (Fsp3) is 0.286. The van der Waals surface area contributed by atoms with Crippen LogP contribution < -0.4 is 5.32 Å². The summed E-state index contributed by atoms with van der Waals surface area (Å²) in [5, 5.41) is 12.8. The van der Waals surface area contributed by atoms with Crippen molar-refractivity contribution in [2.45, 2.75) is 13.3 Å². The number of carboxylic acid groups (broad SMARTS) is 1. The molecule has 106 valence electrons. The number of benzene rings is 1. The zero-order chi connectivity index (χ0) is 14.5. The number of nitrogens with one attached hydrogen (secondary N) is 1. The van der Waals surface area contributed by atoms with E-state index in [0.717, 1.165) is 29.0 Å². The SMILES string of the molecule is COCCc1ccccc1Nc1nc(C)c(C(=O)O)s1. The third-order valence-corrected chi connectivity index (χ3v) is 3.89. The second-order valence-corrected chi connectivity index (χ2v) is 5.26. The van der Waals surface area contributed by atoms with E-state index in [1.54, 1.807) is 14.0 Å². The summed E-state index contributed by atoms with van der Waals surface area (Å²) in [7, 11) is 1.67. The van der Waals surface area contributed by atoms with E-state index in [9.17, 15) is 4.79 Å². The van der Waals surface area contributed by atoms with Gasteiger partial charge in [0.1, 0.15) is 4.88 Å². The van der Waals surface area contributed by atoms with Crippen LogP contribution >= 0.6 is 11.3 Å². The lowest BCUT2D eigenvalue weighted by Gasteiger charge is -2.09. The number of aryl methyl sites for hydroxylation is 1. The summed E-state index contributed by atoms with van der Waals surface area (Å²) in [5.41, 5.74) is 2.56. The van der Waals surface area contributed by atoms with E-state index in [4.69, 9.17) is 9.84 Å². The van der Waals surface area contributed by atoms with Crippen LogP contribution in [0.15, 0.2) is 24.3 Å². The first-order chi connectivity index (χ1) is 9.61. The summed E-state index contributed by atoms with van der Waals surface area (Å²) in [6.07, 6.45) is 0.788. The van der Waals surface area contributed by atoms with E-state index < -0.39 is 5.97 Å². The first kappa shape index (κ1) is 14.5. The number of nitrogens with zero attached hydrogens (tertiary/aromatic N) is 1. The average molecular weight is 292 g/mol. The molecule has 6 heteroatoms. The van der Waals surface area contributed by atoms with Gasteiger partial charge in [0.2, 0.25) is 0 Å². The fourth-order valence-corrected chi connectivity index (χ4v) is 2.65. The van der Waals surface area contributed by atoms with Gasteiger partial charge in [-0.25, -0.2) is 9.78 Å². The highest BCUT2D eigenvalue weighted by atomic mass is 32.1. The Balaban J connectivity index is 2.21. The van der Waals surface area contributed by atoms with Crippen LogP contribution in [0.4, 0.5) is 10.8 Å². The summed E-state index contributed by atoms with van der Waals surface area (Å²) < 4.78 is 5.09. The molecule has 0 saturated carbocycles. The molecular formula is C14H16N2O3S. The molecule has 2 aromatic rings. The lowest BCUT2D eigenvalue weighted by atomic mass is 10.1. The summed E-state index contributed by atoms with van der Waals surface area (Å²) in [4.78, 5) is 15.5. The number of hydrogen-bond acceptors (Lipinski definition) is 5. The van der Waals surface area contributed by atoms with E-state index in [0.29, 0.717) is 17.4 Å². The van der Waals surface area contributed by atoms with Crippen LogP contribution in [0.1, 0.15) is 20.9 Å². The van der Waals surface area contributed by atoms with Crippen molar-refractivity contribution in [2.24, 2.45) is 0 Å². The van der Waals surface area contributed by atoms with Gasteiger partial charge in [-0.3, -0.25) is 0 Å². The van der Waals surface area contributed by atoms with Crippen LogP contribution in [0.3, 0.4) is 0 Å². The maximum atomic E-state index is 11.0. The third-order valence-electron chi connectivity index (χ3n) is 2.83. The Bertz CT molecular complexity index is 610. The van der Waals surface area contributed by atoms with Crippen molar-refractivity contribution < 1.29 is 14.6 Å². The normalized spacial score (nSPS) is 10.5. The van der Waals surface area contributed by atoms with Crippen molar-refractivity contribution in [3.8, 4) is 0 Å². The van der Waals surface area contributed by atoms with Gasteiger partial charge in [0.25, 0.3) is 0 Å². The number of carboxylic acids is 1. The number of aromatic carboxylic acids is 1. The molecule has 2 rings (SSSR count). The van der Waals surface area contributed by atoms with Crippen molar-refractivity contribution in [3.63, 3.8) is 0 Å². The number of ether oxygens (including phenoxy) is 1. The third kappa shape index (κ3) is 3.34. The number of rotatable bonds is 6. The number of aromatic nitrogens is 1. The largest absolute Gasteiger partial charge is 0.477 e. The number of carbonyl (C=O) groups is 1. The fourth-order valence-electron chi connectivity index (χ4n) is 1.84. The van der Waals surface area contributed by atoms with Crippen LogP contribution in [0, 0.1) is 6.92 Å². The van der Waals surface area contributed by atoms with Gasteiger partial charge in [-0.15, -0.1) is 0 Å². The number of hydrogen-bond donors (Lipinski definition) is 2. The van der Waals surface area contributed by atoms with Gasteiger partial charge in [0.05, 0.1) is 12.3 Å². The van der Waals surface area contributed by atoms with Crippen LogP contribution in [-0.4, -0.2) is 29.8 Å². The van der Waals surface area contributed by atoms with Gasteiger partial charge in [0.15, 0.2) is 5.13 Å². The molecule has 0 aliphatic carbocycles. The van der Waals surface area contributed by atoms with Gasteiger partial charge < -0.3 is 15.2 Å². The molecule has 0 amide bonds. The zero-order valence-corrected chi connectivity index (χ0v) is 12.2. The molecule has 1 aromatic carbocycles. The maximum Gasteiger partial charge on any atom is 0.347 e.